The fourth-order valence-corrected chi connectivity index (χ4v) is 4.54. The molecule has 2 aromatic carbocycles. The smallest absolute Gasteiger partial charge is 0.304 e. The molecule has 0 bridgehead atoms. The molecule has 0 aliphatic heterocycles. The van der Waals surface area contributed by atoms with Gasteiger partial charge in [0, 0.05) is 26.2 Å². The molecule has 2 aromatic rings. The van der Waals surface area contributed by atoms with Gasteiger partial charge in [-0.2, -0.15) is 12.7 Å². The van der Waals surface area contributed by atoms with Crippen LogP contribution in [0.1, 0.15) is 39.7 Å². The number of anilines is 1. The predicted octanol–water partition coefficient (Wildman–Crippen LogP) is 3.30. The van der Waals surface area contributed by atoms with Crippen molar-refractivity contribution in [1.29, 1.82) is 0 Å². The Hall–Kier alpha value is -3.05. The fraction of sp³-hybridized carbons (Fsp3) is 0.440. The van der Waals surface area contributed by atoms with Crippen molar-refractivity contribution in [1.82, 2.24) is 14.5 Å². The zero-order chi connectivity index (χ0) is 27.3. The highest BCUT2D eigenvalue weighted by molar-refractivity contribution is 7.90. The number of nitrogens with one attached hydrogen (secondary N) is 1. The number of carbonyl (C=O) groups excluding carboxylic acids is 2. The van der Waals surface area contributed by atoms with Gasteiger partial charge in [-0.15, -0.1) is 0 Å². The summed E-state index contributed by atoms with van der Waals surface area (Å²) in [5, 5.41) is 2.87. The van der Waals surface area contributed by atoms with Crippen molar-refractivity contribution in [2.24, 2.45) is 0 Å². The molecule has 0 aliphatic rings. The number of amides is 2. The third-order valence-electron chi connectivity index (χ3n) is 5.28. The van der Waals surface area contributed by atoms with Crippen molar-refractivity contribution in [3.63, 3.8) is 0 Å². The lowest BCUT2D eigenvalue weighted by Crippen LogP contribution is -2.55. The number of hydrogen-bond donors (Lipinski definition) is 1. The van der Waals surface area contributed by atoms with E-state index < -0.39 is 51.8 Å². The molecule has 0 heterocycles. The van der Waals surface area contributed by atoms with Gasteiger partial charge in [-0.25, -0.2) is 13.1 Å². The molecular formula is C25H34F2N4O4S. The molecule has 2 rings (SSSR count). The first-order chi connectivity index (χ1) is 16.7. The monoisotopic (exact) mass is 524 g/mol. The molecule has 0 radical (unpaired) electrons. The van der Waals surface area contributed by atoms with Crippen molar-refractivity contribution in [3.05, 3.63) is 65.7 Å². The zero-order valence-corrected chi connectivity index (χ0v) is 22.3. The molecule has 1 atom stereocenters. The van der Waals surface area contributed by atoms with Gasteiger partial charge in [0.25, 0.3) is 0 Å². The van der Waals surface area contributed by atoms with E-state index in [-0.39, 0.29) is 18.7 Å². The van der Waals surface area contributed by atoms with Gasteiger partial charge in [0.05, 0.1) is 5.69 Å². The van der Waals surface area contributed by atoms with Crippen LogP contribution in [-0.2, 0) is 26.3 Å². The number of nitrogens with zero attached hydrogens (tertiary/aromatic N) is 3. The molecule has 198 valence electrons. The summed E-state index contributed by atoms with van der Waals surface area (Å²) in [5.74, 6) is -2.06. The van der Waals surface area contributed by atoms with Crippen molar-refractivity contribution < 1.29 is 26.8 Å². The summed E-state index contributed by atoms with van der Waals surface area (Å²) in [5.41, 5.74) is 0.0895. The Morgan fingerprint density at radius 3 is 1.89 bits per heavy atom. The second-order valence-corrected chi connectivity index (χ2v) is 11.7. The van der Waals surface area contributed by atoms with Crippen LogP contribution in [0.2, 0.25) is 0 Å². The largest absolute Gasteiger partial charge is 0.350 e. The average Bonchev–Trinajstić information content (AvgIpc) is 2.77. The van der Waals surface area contributed by atoms with Crippen LogP contribution in [0.4, 0.5) is 14.5 Å². The number of carbonyl (C=O) groups is 2. The van der Waals surface area contributed by atoms with E-state index in [0.717, 1.165) is 20.7 Å². The van der Waals surface area contributed by atoms with Gasteiger partial charge in [0.15, 0.2) is 0 Å². The van der Waals surface area contributed by atoms with Crippen LogP contribution in [0.15, 0.2) is 48.5 Å². The van der Waals surface area contributed by atoms with Crippen LogP contribution < -0.4 is 9.62 Å². The minimum absolute atomic E-state index is 0.0472. The molecule has 0 fully saturated rings. The van der Waals surface area contributed by atoms with Gasteiger partial charge < -0.3 is 10.2 Å². The second-order valence-electron chi connectivity index (χ2n) is 9.58. The lowest BCUT2D eigenvalue weighted by Gasteiger charge is -2.35. The highest BCUT2D eigenvalue weighted by atomic mass is 32.2. The molecule has 2 amide bonds. The summed E-state index contributed by atoms with van der Waals surface area (Å²) < 4.78 is 55.0. The Kier molecular flexibility index (Phi) is 9.56. The lowest BCUT2D eigenvalue weighted by molar-refractivity contribution is -0.141. The number of benzene rings is 2. The standard InChI is InChI=1S/C25H34F2N4O4S/c1-7-22(24(33)28-25(2,3)4)30(16-18-8-10-19(26)11-9-18)23(32)17-31(36(34,35)29(5)6)21-14-12-20(27)13-15-21/h8-15,22H,7,16-17H2,1-6H3,(H,28,33). The van der Waals surface area contributed by atoms with E-state index in [1.807, 2.05) is 20.8 Å². The topological polar surface area (TPSA) is 90.0 Å². The van der Waals surface area contributed by atoms with E-state index >= 15 is 0 Å². The molecule has 36 heavy (non-hydrogen) atoms. The lowest BCUT2D eigenvalue weighted by atomic mass is 10.1. The summed E-state index contributed by atoms with van der Waals surface area (Å²) >= 11 is 0. The predicted molar refractivity (Wildman–Crippen MR) is 135 cm³/mol. The van der Waals surface area contributed by atoms with E-state index in [1.165, 1.54) is 55.4 Å². The van der Waals surface area contributed by atoms with Gasteiger partial charge in [0.1, 0.15) is 24.2 Å². The Morgan fingerprint density at radius 2 is 1.44 bits per heavy atom. The van der Waals surface area contributed by atoms with E-state index in [9.17, 15) is 26.8 Å². The molecule has 0 spiro atoms. The van der Waals surface area contributed by atoms with Crippen LogP contribution in [-0.4, -0.2) is 61.7 Å². The first-order valence-corrected chi connectivity index (χ1v) is 12.9. The van der Waals surface area contributed by atoms with E-state index in [1.54, 1.807) is 6.92 Å². The first-order valence-electron chi connectivity index (χ1n) is 11.5. The minimum Gasteiger partial charge on any atom is -0.350 e. The third kappa shape index (κ3) is 7.72. The molecular weight excluding hydrogens is 490 g/mol. The minimum atomic E-state index is -4.15. The van der Waals surface area contributed by atoms with Gasteiger partial charge in [0.2, 0.25) is 11.8 Å². The normalized spacial score (nSPS) is 12.8. The number of halogens is 2. The highest BCUT2D eigenvalue weighted by Gasteiger charge is 2.34. The summed E-state index contributed by atoms with van der Waals surface area (Å²) in [6.45, 7) is 6.49. The molecule has 8 nitrogen and oxygen atoms in total. The van der Waals surface area contributed by atoms with Crippen LogP contribution in [0.25, 0.3) is 0 Å². The summed E-state index contributed by atoms with van der Waals surface area (Å²) in [4.78, 5) is 28.1. The zero-order valence-electron chi connectivity index (χ0n) is 21.5. The van der Waals surface area contributed by atoms with Gasteiger partial charge in [-0.1, -0.05) is 19.1 Å². The van der Waals surface area contributed by atoms with Gasteiger partial charge >= 0.3 is 10.2 Å². The average molecular weight is 525 g/mol. The summed E-state index contributed by atoms with van der Waals surface area (Å²) in [7, 11) is -1.51. The molecule has 1 unspecified atom stereocenters. The number of hydrogen-bond acceptors (Lipinski definition) is 4. The quantitative estimate of drug-likeness (QED) is 0.517. The highest BCUT2D eigenvalue weighted by Crippen LogP contribution is 2.22. The maximum absolute atomic E-state index is 13.7. The van der Waals surface area contributed by atoms with Crippen molar-refractivity contribution in [2.45, 2.75) is 52.2 Å². The van der Waals surface area contributed by atoms with E-state index in [0.29, 0.717) is 5.56 Å². The molecule has 0 aliphatic carbocycles. The van der Waals surface area contributed by atoms with Crippen LogP contribution in [0, 0.1) is 11.6 Å². The Bertz CT molecular complexity index is 1150. The summed E-state index contributed by atoms with van der Waals surface area (Å²) in [6.07, 6.45) is 0.256. The van der Waals surface area contributed by atoms with Crippen molar-refractivity contribution >= 4 is 27.7 Å². The van der Waals surface area contributed by atoms with Crippen LogP contribution in [0.3, 0.4) is 0 Å². The fourth-order valence-electron chi connectivity index (χ4n) is 3.48. The molecule has 1 N–H and O–H groups in total. The molecule has 11 heteroatoms. The Balaban J connectivity index is 2.50. The van der Waals surface area contributed by atoms with Crippen LogP contribution >= 0.6 is 0 Å². The van der Waals surface area contributed by atoms with E-state index in [4.69, 9.17) is 0 Å². The van der Waals surface area contributed by atoms with Crippen molar-refractivity contribution in [2.75, 3.05) is 24.9 Å². The van der Waals surface area contributed by atoms with Gasteiger partial charge in [-0.3, -0.25) is 9.59 Å². The Labute approximate surface area is 212 Å². The SMILES string of the molecule is CCC(C(=O)NC(C)(C)C)N(Cc1ccc(F)cc1)C(=O)CN(c1ccc(F)cc1)S(=O)(=O)N(C)C. The maximum atomic E-state index is 13.7. The summed E-state index contributed by atoms with van der Waals surface area (Å²) in [6, 6.07) is 9.29. The first kappa shape index (κ1) is 29.2. The molecule has 0 saturated heterocycles. The number of rotatable bonds is 10. The molecule has 0 aromatic heterocycles. The second kappa shape index (κ2) is 11.8. The Morgan fingerprint density at radius 1 is 0.944 bits per heavy atom. The third-order valence-corrected chi connectivity index (χ3v) is 7.10. The van der Waals surface area contributed by atoms with E-state index in [2.05, 4.69) is 5.32 Å². The van der Waals surface area contributed by atoms with Gasteiger partial charge in [-0.05, 0) is 69.2 Å². The molecule has 0 saturated carbocycles. The van der Waals surface area contributed by atoms with Crippen LogP contribution in [0.5, 0.6) is 0 Å². The van der Waals surface area contributed by atoms with Crippen molar-refractivity contribution in [3.8, 4) is 0 Å². The maximum Gasteiger partial charge on any atom is 0.304 e.